The Kier molecular flexibility index (Phi) is 9.37. The summed E-state index contributed by atoms with van der Waals surface area (Å²) in [4.78, 5) is 4.86. The quantitative estimate of drug-likeness (QED) is 0.234. The van der Waals surface area contributed by atoms with Crippen molar-refractivity contribution >= 4 is 11.7 Å². The van der Waals surface area contributed by atoms with E-state index in [4.69, 9.17) is 19.6 Å². The summed E-state index contributed by atoms with van der Waals surface area (Å²) >= 11 is 0. The molecule has 2 heterocycles. The van der Waals surface area contributed by atoms with Crippen LogP contribution in [0.2, 0.25) is 0 Å². The molecule has 7 nitrogen and oxygen atoms in total. The summed E-state index contributed by atoms with van der Waals surface area (Å²) in [7, 11) is 1.62. The number of aromatic nitrogens is 3. The lowest BCUT2D eigenvalue weighted by Gasteiger charge is -2.10. The van der Waals surface area contributed by atoms with Crippen molar-refractivity contribution in [3.8, 4) is 22.9 Å². The van der Waals surface area contributed by atoms with Crippen LogP contribution in [0.5, 0.6) is 11.5 Å². The Labute approximate surface area is 224 Å². The zero-order valence-corrected chi connectivity index (χ0v) is 23.0. The van der Waals surface area contributed by atoms with E-state index in [1.54, 1.807) is 7.11 Å². The molecule has 0 amide bonds. The SMILES string of the molecule is CCCCCCCCOc1ccc(CO)c(-c2nc3c(C)c(C)c(=Cc4ccc(CO)cc4OC)n3n2)c1. The highest BCUT2D eigenvalue weighted by Crippen LogP contribution is 2.28. The van der Waals surface area contributed by atoms with E-state index in [1.807, 2.05) is 53.9 Å². The molecule has 4 rings (SSSR count). The number of ether oxygens (including phenoxy) is 2. The maximum Gasteiger partial charge on any atom is 0.182 e. The average Bonchev–Trinajstić information content (AvgIpc) is 3.47. The summed E-state index contributed by atoms with van der Waals surface area (Å²) < 4.78 is 13.5. The second-order valence-electron chi connectivity index (χ2n) is 9.78. The number of aryl methyl sites for hydroxylation is 1. The molecular formula is C31H39N3O4. The molecule has 0 aliphatic rings. The van der Waals surface area contributed by atoms with Crippen LogP contribution in [0.15, 0.2) is 36.4 Å². The Balaban J connectivity index is 1.65. The number of fused-ring (bicyclic) bond motifs is 1. The van der Waals surface area contributed by atoms with E-state index in [1.165, 1.54) is 32.1 Å². The van der Waals surface area contributed by atoms with Crippen molar-refractivity contribution in [2.45, 2.75) is 72.5 Å². The van der Waals surface area contributed by atoms with E-state index in [9.17, 15) is 10.2 Å². The zero-order valence-electron chi connectivity index (χ0n) is 23.0. The van der Waals surface area contributed by atoms with Crippen molar-refractivity contribution in [2.75, 3.05) is 13.7 Å². The Hall–Kier alpha value is -3.42. The fourth-order valence-electron chi connectivity index (χ4n) is 4.71. The predicted octanol–water partition coefficient (Wildman–Crippen LogP) is 5.29. The van der Waals surface area contributed by atoms with Gasteiger partial charge in [-0.1, -0.05) is 57.2 Å². The standard InChI is InChI=1S/C31H39N3O4/c1-5-6-7-8-9-10-15-38-26-14-13-25(20-36)27(18-26)30-32-31-22(3)21(2)28(34(31)33-30)17-24-12-11-23(19-35)16-29(24)37-4/h11-14,16-18,35-36H,5-10,15,19-20H2,1-4H3. The normalized spacial score (nSPS) is 12.0. The van der Waals surface area contributed by atoms with Crippen LogP contribution in [0.3, 0.4) is 0 Å². The number of unbranched alkanes of at least 4 members (excludes halogenated alkanes) is 5. The second-order valence-corrected chi connectivity index (χ2v) is 9.78. The van der Waals surface area contributed by atoms with Crippen molar-refractivity contribution in [3.05, 3.63) is 69.6 Å². The maximum atomic E-state index is 10.0. The second kappa shape index (κ2) is 12.9. The third-order valence-corrected chi connectivity index (χ3v) is 7.15. The van der Waals surface area contributed by atoms with Crippen LogP contribution in [0.25, 0.3) is 23.1 Å². The lowest BCUT2D eigenvalue weighted by atomic mass is 10.1. The summed E-state index contributed by atoms with van der Waals surface area (Å²) in [6.45, 7) is 6.84. The summed E-state index contributed by atoms with van der Waals surface area (Å²) in [5.74, 6) is 1.99. The molecule has 0 aliphatic carbocycles. The number of aliphatic hydroxyl groups excluding tert-OH is 2. The van der Waals surface area contributed by atoms with E-state index in [-0.39, 0.29) is 13.2 Å². The largest absolute Gasteiger partial charge is 0.496 e. The first-order valence-corrected chi connectivity index (χ1v) is 13.5. The third kappa shape index (κ3) is 6.00. The third-order valence-electron chi connectivity index (χ3n) is 7.15. The highest BCUT2D eigenvalue weighted by molar-refractivity contribution is 5.68. The van der Waals surface area contributed by atoms with Gasteiger partial charge in [-0.15, -0.1) is 5.10 Å². The summed E-state index contributed by atoms with van der Waals surface area (Å²) in [6, 6.07) is 11.4. The van der Waals surface area contributed by atoms with Crippen LogP contribution < -0.4 is 14.8 Å². The Bertz CT molecular complexity index is 1430. The van der Waals surface area contributed by atoms with Gasteiger partial charge in [-0.2, -0.15) is 0 Å². The molecule has 0 spiro atoms. The Morgan fingerprint density at radius 1 is 0.921 bits per heavy atom. The number of rotatable bonds is 13. The topological polar surface area (TPSA) is 89.1 Å². The molecule has 2 aromatic carbocycles. The molecule has 2 N–H and O–H groups in total. The molecule has 2 aromatic heterocycles. The minimum absolute atomic E-state index is 0.0449. The summed E-state index contributed by atoms with van der Waals surface area (Å²) in [5.41, 5.74) is 6.10. The van der Waals surface area contributed by atoms with Gasteiger partial charge in [0.2, 0.25) is 0 Å². The van der Waals surface area contributed by atoms with Crippen LogP contribution in [0.4, 0.5) is 0 Å². The highest BCUT2D eigenvalue weighted by atomic mass is 16.5. The van der Waals surface area contributed by atoms with Gasteiger partial charge in [0.05, 0.1) is 32.3 Å². The van der Waals surface area contributed by atoms with Gasteiger partial charge in [0.25, 0.3) is 0 Å². The van der Waals surface area contributed by atoms with E-state index >= 15 is 0 Å². The van der Waals surface area contributed by atoms with Gasteiger partial charge in [0.1, 0.15) is 11.5 Å². The van der Waals surface area contributed by atoms with Gasteiger partial charge in [-0.3, -0.25) is 0 Å². The monoisotopic (exact) mass is 517 g/mol. The average molecular weight is 518 g/mol. The summed E-state index contributed by atoms with van der Waals surface area (Å²) in [6.07, 6.45) is 9.30. The summed E-state index contributed by atoms with van der Waals surface area (Å²) in [5, 5.41) is 25.3. The van der Waals surface area contributed by atoms with Gasteiger partial charge >= 0.3 is 0 Å². The van der Waals surface area contributed by atoms with Crippen LogP contribution in [-0.2, 0) is 13.2 Å². The molecule has 7 heteroatoms. The van der Waals surface area contributed by atoms with Gasteiger partial charge in [-0.05, 0) is 66.8 Å². The van der Waals surface area contributed by atoms with Crippen LogP contribution in [-0.4, -0.2) is 38.5 Å². The number of hydrogen-bond acceptors (Lipinski definition) is 6. The molecular weight excluding hydrogens is 478 g/mol. The molecule has 0 atom stereocenters. The molecule has 0 saturated carbocycles. The number of hydrogen-bond donors (Lipinski definition) is 2. The first kappa shape index (κ1) is 27.6. The Morgan fingerprint density at radius 2 is 1.71 bits per heavy atom. The zero-order chi connectivity index (χ0) is 27.1. The molecule has 202 valence electrons. The molecule has 38 heavy (non-hydrogen) atoms. The van der Waals surface area contributed by atoms with Crippen LogP contribution in [0.1, 0.15) is 73.3 Å². The lowest BCUT2D eigenvalue weighted by molar-refractivity contribution is 0.281. The number of aliphatic hydroxyl groups is 2. The van der Waals surface area contributed by atoms with Gasteiger partial charge in [0.15, 0.2) is 11.5 Å². The fraction of sp³-hybridized carbons (Fsp3) is 0.419. The van der Waals surface area contributed by atoms with Crippen molar-refractivity contribution in [1.82, 2.24) is 14.6 Å². The first-order valence-electron chi connectivity index (χ1n) is 13.5. The van der Waals surface area contributed by atoms with Gasteiger partial charge < -0.3 is 19.7 Å². The molecule has 0 saturated heterocycles. The number of benzene rings is 2. The van der Waals surface area contributed by atoms with Gasteiger partial charge in [-0.25, -0.2) is 9.50 Å². The van der Waals surface area contributed by atoms with Crippen molar-refractivity contribution < 1.29 is 19.7 Å². The maximum absolute atomic E-state index is 10.0. The van der Waals surface area contributed by atoms with E-state index in [2.05, 4.69) is 13.8 Å². The van der Waals surface area contributed by atoms with Crippen LogP contribution >= 0.6 is 0 Å². The fourth-order valence-corrected chi connectivity index (χ4v) is 4.71. The van der Waals surface area contributed by atoms with Crippen molar-refractivity contribution in [1.29, 1.82) is 0 Å². The smallest absolute Gasteiger partial charge is 0.182 e. The first-order chi connectivity index (χ1) is 18.5. The lowest BCUT2D eigenvalue weighted by Crippen LogP contribution is -2.13. The molecule has 0 bridgehead atoms. The van der Waals surface area contributed by atoms with Crippen molar-refractivity contribution in [2.24, 2.45) is 0 Å². The van der Waals surface area contributed by atoms with Gasteiger partial charge in [0, 0.05) is 11.1 Å². The van der Waals surface area contributed by atoms with E-state index in [0.717, 1.165) is 56.5 Å². The Morgan fingerprint density at radius 3 is 2.45 bits per heavy atom. The number of methoxy groups -OCH3 is 1. The highest BCUT2D eigenvalue weighted by Gasteiger charge is 2.17. The molecule has 0 aliphatic heterocycles. The molecule has 0 fully saturated rings. The predicted molar refractivity (Wildman–Crippen MR) is 150 cm³/mol. The molecule has 0 unspecified atom stereocenters. The molecule has 4 aromatic rings. The van der Waals surface area contributed by atoms with Crippen molar-refractivity contribution in [3.63, 3.8) is 0 Å². The van der Waals surface area contributed by atoms with E-state index in [0.29, 0.717) is 18.2 Å². The van der Waals surface area contributed by atoms with Crippen LogP contribution in [0, 0.1) is 13.8 Å². The molecule has 0 radical (unpaired) electrons. The minimum atomic E-state index is -0.109. The van der Waals surface area contributed by atoms with E-state index < -0.39 is 0 Å². The number of nitrogens with zero attached hydrogens (tertiary/aromatic N) is 3. The minimum Gasteiger partial charge on any atom is -0.496 e.